The molecule has 1 rings (SSSR count). The maximum atomic E-state index is 12.5. The first kappa shape index (κ1) is 18.1. The van der Waals surface area contributed by atoms with Crippen molar-refractivity contribution in [2.24, 2.45) is 11.1 Å². The van der Waals surface area contributed by atoms with E-state index in [0.29, 0.717) is 18.0 Å². The SMILES string of the molecule is Cc1ccc(CN)cc1S(=O)(=O)NCC(C)(C)CN(C)C. The maximum absolute atomic E-state index is 12.5. The minimum Gasteiger partial charge on any atom is -0.326 e. The van der Waals surface area contributed by atoms with Gasteiger partial charge >= 0.3 is 0 Å². The van der Waals surface area contributed by atoms with Gasteiger partial charge in [0.05, 0.1) is 4.90 Å². The zero-order chi connectivity index (χ0) is 16.3. The van der Waals surface area contributed by atoms with Gasteiger partial charge in [-0.3, -0.25) is 0 Å². The van der Waals surface area contributed by atoms with Crippen molar-refractivity contribution in [1.29, 1.82) is 0 Å². The molecule has 0 atom stereocenters. The van der Waals surface area contributed by atoms with Crippen molar-refractivity contribution in [3.8, 4) is 0 Å². The summed E-state index contributed by atoms with van der Waals surface area (Å²) < 4.78 is 27.7. The van der Waals surface area contributed by atoms with E-state index in [2.05, 4.69) is 9.62 Å². The third kappa shape index (κ3) is 5.39. The molecule has 5 nitrogen and oxygen atoms in total. The number of rotatable bonds is 7. The highest BCUT2D eigenvalue weighted by Gasteiger charge is 2.24. The zero-order valence-electron chi connectivity index (χ0n) is 13.6. The van der Waals surface area contributed by atoms with E-state index < -0.39 is 10.0 Å². The highest BCUT2D eigenvalue weighted by molar-refractivity contribution is 7.89. The van der Waals surface area contributed by atoms with Gasteiger partial charge in [-0.2, -0.15) is 0 Å². The number of hydrogen-bond donors (Lipinski definition) is 2. The van der Waals surface area contributed by atoms with Gasteiger partial charge in [-0.25, -0.2) is 13.1 Å². The molecule has 0 spiro atoms. The summed E-state index contributed by atoms with van der Waals surface area (Å²) in [5.41, 5.74) is 6.99. The van der Waals surface area contributed by atoms with Gasteiger partial charge in [0.15, 0.2) is 0 Å². The second-order valence-corrected chi connectivity index (χ2v) is 8.27. The maximum Gasteiger partial charge on any atom is 0.240 e. The molecule has 21 heavy (non-hydrogen) atoms. The molecule has 0 radical (unpaired) electrons. The average molecular weight is 313 g/mol. The minimum atomic E-state index is -3.52. The van der Waals surface area contributed by atoms with Gasteiger partial charge in [0.25, 0.3) is 0 Å². The van der Waals surface area contributed by atoms with E-state index in [0.717, 1.165) is 17.7 Å². The van der Waals surface area contributed by atoms with Crippen LogP contribution in [0, 0.1) is 12.3 Å². The van der Waals surface area contributed by atoms with Crippen molar-refractivity contribution in [2.75, 3.05) is 27.2 Å². The Morgan fingerprint density at radius 3 is 2.43 bits per heavy atom. The number of benzene rings is 1. The molecule has 0 amide bonds. The van der Waals surface area contributed by atoms with Crippen molar-refractivity contribution in [2.45, 2.75) is 32.2 Å². The highest BCUT2D eigenvalue weighted by Crippen LogP contribution is 2.19. The Labute approximate surface area is 128 Å². The van der Waals surface area contributed by atoms with Gasteiger partial charge in [0, 0.05) is 19.6 Å². The average Bonchev–Trinajstić information content (AvgIpc) is 2.36. The van der Waals surface area contributed by atoms with Crippen molar-refractivity contribution in [3.05, 3.63) is 29.3 Å². The third-order valence-electron chi connectivity index (χ3n) is 3.26. The standard InChI is InChI=1S/C15H27N3O2S/c1-12-6-7-13(9-16)8-14(12)21(19,20)17-10-15(2,3)11-18(4)5/h6-8,17H,9-11,16H2,1-5H3. The van der Waals surface area contributed by atoms with Crippen LogP contribution >= 0.6 is 0 Å². The number of nitrogens with one attached hydrogen (secondary N) is 1. The molecule has 1 aromatic rings. The third-order valence-corrected chi connectivity index (χ3v) is 4.81. The van der Waals surface area contributed by atoms with E-state index in [1.807, 2.05) is 34.0 Å². The lowest BCUT2D eigenvalue weighted by molar-refractivity contribution is 0.242. The molecular weight excluding hydrogens is 286 g/mol. The molecule has 0 fully saturated rings. The number of nitrogens with zero attached hydrogens (tertiary/aromatic N) is 1. The molecule has 0 saturated heterocycles. The summed E-state index contributed by atoms with van der Waals surface area (Å²) in [6, 6.07) is 5.29. The van der Waals surface area contributed by atoms with E-state index >= 15 is 0 Å². The Balaban J connectivity index is 2.92. The Morgan fingerprint density at radius 2 is 1.90 bits per heavy atom. The molecule has 0 bridgehead atoms. The molecule has 120 valence electrons. The molecule has 0 saturated carbocycles. The van der Waals surface area contributed by atoms with Crippen molar-refractivity contribution in [3.63, 3.8) is 0 Å². The molecule has 0 aliphatic heterocycles. The Bertz CT molecular complexity index is 581. The summed E-state index contributed by atoms with van der Waals surface area (Å²) in [6.07, 6.45) is 0. The predicted octanol–water partition coefficient (Wildman–Crippen LogP) is 1.32. The molecule has 1 aromatic carbocycles. The van der Waals surface area contributed by atoms with E-state index in [4.69, 9.17) is 5.73 Å². The smallest absolute Gasteiger partial charge is 0.240 e. The van der Waals surface area contributed by atoms with Crippen molar-refractivity contribution in [1.82, 2.24) is 9.62 Å². The van der Waals surface area contributed by atoms with E-state index in [1.165, 1.54) is 0 Å². The van der Waals surface area contributed by atoms with Crippen LogP contribution in [-0.2, 0) is 16.6 Å². The molecule has 0 aromatic heterocycles. The second kappa shape index (κ2) is 6.87. The van der Waals surface area contributed by atoms with Crippen LogP contribution in [0.2, 0.25) is 0 Å². The minimum absolute atomic E-state index is 0.143. The monoisotopic (exact) mass is 313 g/mol. The van der Waals surface area contributed by atoms with Crippen LogP contribution in [0.5, 0.6) is 0 Å². The van der Waals surface area contributed by atoms with Crippen LogP contribution in [0.4, 0.5) is 0 Å². The van der Waals surface area contributed by atoms with Gasteiger partial charge in [-0.15, -0.1) is 0 Å². The summed E-state index contributed by atoms with van der Waals surface area (Å²) in [5.74, 6) is 0. The van der Waals surface area contributed by atoms with Gasteiger partial charge < -0.3 is 10.6 Å². The lowest BCUT2D eigenvalue weighted by Crippen LogP contribution is -2.40. The van der Waals surface area contributed by atoms with E-state index in [-0.39, 0.29) is 5.41 Å². The van der Waals surface area contributed by atoms with Gasteiger partial charge in [-0.1, -0.05) is 26.0 Å². The first-order valence-electron chi connectivity index (χ1n) is 7.01. The summed E-state index contributed by atoms with van der Waals surface area (Å²) in [7, 11) is 0.438. The quantitative estimate of drug-likeness (QED) is 0.796. The zero-order valence-corrected chi connectivity index (χ0v) is 14.4. The van der Waals surface area contributed by atoms with E-state index in [9.17, 15) is 8.42 Å². The van der Waals surface area contributed by atoms with Crippen LogP contribution in [0.15, 0.2) is 23.1 Å². The fourth-order valence-electron chi connectivity index (χ4n) is 2.34. The molecule has 6 heteroatoms. The van der Waals surface area contributed by atoms with Crippen molar-refractivity contribution < 1.29 is 8.42 Å². The number of aryl methyl sites for hydroxylation is 1. The summed E-state index contributed by atoms with van der Waals surface area (Å²) in [5, 5.41) is 0. The summed E-state index contributed by atoms with van der Waals surface area (Å²) in [6.45, 7) is 7.39. The van der Waals surface area contributed by atoms with Crippen LogP contribution in [0.3, 0.4) is 0 Å². The second-order valence-electron chi connectivity index (χ2n) is 6.53. The first-order chi connectivity index (χ1) is 9.57. The van der Waals surface area contributed by atoms with Crippen molar-refractivity contribution >= 4 is 10.0 Å². The first-order valence-corrected chi connectivity index (χ1v) is 8.50. The number of nitrogens with two attached hydrogens (primary N) is 1. The van der Waals surface area contributed by atoms with E-state index in [1.54, 1.807) is 19.1 Å². The lowest BCUT2D eigenvalue weighted by atomic mass is 9.93. The van der Waals surface area contributed by atoms with Crippen LogP contribution in [0.1, 0.15) is 25.0 Å². The molecule has 0 aliphatic carbocycles. The topological polar surface area (TPSA) is 75.4 Å². The Morgan fingerprint density at radius 1 is 1.29 bits per heavy atom. The van der Waals surface area contributed by atoms with Gasteiger partial charge in [0.2, 0.25) is 10.0 Å². The van der Waals surface area contributed by atoms with Crippen LogP contribution in [-0.4, -0.2) is 40.5 Å². The molecule has 0 unspecified atom stereocenters. The Kier molecular flexibility index (Phi) is 5.92. The predicted molar refractivity (Wildman–Crippen MR) is 86.6 cm³/mol. The normalized spacial score (nSPS) is 12.9. The Hall–Kier alpha value is -0.950. The largest absolute Gasteiger partial charge is 0.326 e. The molecule has 0 aliphatic rings. The van der Waals surface area contributed by atoms with Gasteiger partial charge in [-0.05, 0) is 43.6 Å². The number of sulfonamides is 1. The lowest BCUT2D eigenvalue weighted by Gasteiger charge is -2.28. The molecular formula is C15H27N3O2S. The summed E-state index contributed by atoms with van der Waals surface area (Å²) >= 11 is 0. The highest BCUT2D eigenvalue weighted by atomic mass is 32.2. The summed E-state index contributed by atoms with van der Waals surface area (Å²) in [4.78, 5) is 2.36. The van der Waals surface area contributed by atoms with Gasteiger partial charge in [0.1, 0.15) is 0 Å². The molecule has 0 heterocycles. The molecule has 3 N–H and O–H groups in total. The van der Waals surface area contributed by atoms with Crippen LogP contribution in [0.25, 0.3) is 0 Å². The fraction of sp³-hybridized carbons (Fsp3) is 0.600. The fourth-order valence-corrected chi connectivity index (χ4v) is 3.88. The number of hydrogen-bond acceptors (Lipinski definition) is 4. The van der Waals surface area contributed by atoms with Crippen LogP contribution < -0.4 is 10.5 Å².